The van der Waals surface area contributed by atoms with E-state index in [-0.39, 0.29) is 35.7 Å². The third kappa shape index (κ3) is 12.1. The summed E-state index contributed by atoms with van der Waals surface area (Å²) in [5.41, 5.74) is 0. The zero-order chi connectivity index (χ0) is 24.6. The summed E-state index contributed by atoms with van der Waals surface area (Å²) in [4.78, 5) is 70.5. The normalized spacial score (nSPS) is 13.9. The highest BCUT2D eigenvalue weighted by atomic mass is 16.4. The number of amides is 3. The third-order valence-corrected chi connectivity index (χ3v) is 5.55. The van der Waals surface area contributed by atoms with Gasteiger partial charge in [-0.1, -0.05) is 13.3 Å². The van der Waals surface area contributed by atoms with Crippen LogP contribution in [-0.4, -0.2) is 57.9 Å². The second kappa shape index (κ2) is 15.9. The fourth-order valence-electron chi connectivity index (χ4n) is 3.53. The van der Waals surface area contributed by atoms with E-state index in [1.165, 1.54) is 17.1 Å². The highest BCUT2D eigenvalue weighted by molar-refractivity contribution is 6.12. The minimum atomic E-state index is -1.05. The number of hydrogen-bond acceptors (Lipinski definition) is 6. The van der Waals surface area contributed by atoms with Crippen LogP contribution in [0.15, 0.2) is 12.2 Å². The topological polar surface area (TPSA) is 138 Å². The average molecular weight is 465 g/mol. The molecule has 1 aliphatic rings. The van der Waals surface area contributed by atoms with Crippen molar-refractivity contribution in [1.29, 1.82) is 0 Å². The first-order valence-electron chi connectivity index (χ1n) is 11.8. The van der Waals surface area contributed by atoms with Gasteiger partial charge in [-0.2, -0.15) is 0 Å². The molecular weight excluding hydrogens is 428 g/mol. The average Bonchev–Trinajstić information content (AvgIpc) is 3.09. The number of rotatable bonds is 19. The molecule has 0 aliphatic carbocycles. The summed E-state index contributed by atoms with van der Waals surface area (Å²) in [6.07, 6.45) is 9.39. The van der Waals surface area contributed by atoms with Crippen molar-refractivity contribution in [3.05, 3.63) is 12.2 Å². The molecule has 0 aromatic rings. The van der Waals surface area contributed by atoms with E-state index in [1.807, 2.05) is 0 Å². The van der Waals surface area contributed by atoms with Gasteiger partial charge in [-0.05, 0) is 44.9 Å². The Bertz CT molecular complexity index is 727. The lowest BCUT2D eigenvalue weighted by molar-refractivity contribution is -0.142. The summed E-state index contributed by atoms with van der Waals surface area (Å²) in [5, 5.41) is 11.4. The lowest BCUT2D eigenvalue weighted by atomic mass is 10.0. The van der Waals surface area contributed by atoms with Crippen molar-refractivity contribution in [2.24, 2.45) is 0 Å². The van der Waals surface area contributed by atoms with Crippen molar-refractivity contribution < 1.29 is 33.9 Å². The van der Waals surface area contributed by atoms with Crippen molar-refractivity contribution in [3.63, 3.8) is 0 Å². The first-order chi connectivity index (χ1) is 15.7. The molecule has 1 atom stereocenters. The quantitative estimate of drug-likeness (QED) is 0.221. The van der Waals surface area contributed by atoms with Crippen LogP contribution in [-0.2, 0) is 28.8 Å². The van der Waals surface area contributed by atoms with Gasteiger partial charge in [-0.3, -0.25) is 28.9 Å². The predicted molar refractivity (Wildman–Crippen MR) is 121 cm³/mol. The van der Waals surface area contributed by atoms with E-state index in [0.717, 1.165) is 12.8 Å². The smallest absolute Gasteiger partial charge is 0.326 e. The molecule has 0 aromatic heterocycles. The van der Waals surface area contributed by atoms with Gasteiger partial charge in [0.1, 0.15) is 17.6 Å². The Kier molecular flexibility index (Phi) is 13.6. The number of carboxylic acids is 1. The predicted octanol–water partition coefficient (Wildman–Crippen LogP) is 2.71. The zero-order valence-electron chi connectivity index (χ0n) is 19.5. The number of nitrogens with one attached hydrogen (secondary N) is 1. The van der Waals surface area contributed by atoms with E-state index in [2.05, 4.69) is 5.32 Å². The van der Waals surface area contributed by atoms with Gasteiger partial charge in [-0.25, -0.2) is 4.79 Å². The molecule has 0 fully saturated rings. The Balaban J connectivity index is 1.97. The third-order valence-electron chi connectivity index (χ3n) is 5.55. The molecule has 0 spiro atoms. The summed E-state index contributed by atoms with van der Waals surface area (Å²) < 4.78 is 0. The van der Waals surface area contributed by atoms with Crippen LogP contribution in [0.2, 0.25) is 0 Å². The number of carbonyl (C=O) groups is 6. The van der Waals surface area contributed by atoms with Gasteiger partial charge < -0.3 is 10.4 Å². The Morgan fingerprint density at radius 2 is 1.24 bits per heavy atom. The number of hydrogen-bond donors (Lipinski definition) is 2. The molecule has 0 aromatic carbocycles. The maximum atomic E-state index is 11.9. The van der Waals surface area contributed by atoms with E-state index in [1.54, 1.807) is 6.92 Å². The van der Waals surface area contributed by atoms with Gasteiger partial charge in [0.25, 0.3) is 11.8 Å². The van der Waals surface area contributed by atoms with Crippen molar-refractivity contribution in [2.45, 2.75) is 96.4 Å². The molecule has 9 heteroatoms. The number of Topliss-reactive ketones (excluding diaryl/α,β-unsaturated/α-hetero) is 2. The monoisotopic (exact) mass is 464 g/mol. The molecule has 2 N–H and O–H groups in total. The van der Waals surface area contributed by atoms with Crippen LogP contribution in [0.3, 0.4) is 0 Å². The maximum Gasteiger partial charge on any atom is 0.326 e. The number of nitrogens with zero attached hydrogens (tertiary/aromatic N) is 1. The fourth-order valence-corrected chi connectivity index (χ4v) is 3.53. The summed E-state index contributed by atoms with van der Waals surface area (Å²) in [7, 11) is 0. The summed E-state index contributed by atoms with van der Waals surface area (Å²) >= 11 is 0. The SMILES string of the molecule is CC[C@H](NC(=O)CCCCC(=O)CCCCC(=O)CCCCCN1C(=O)C=CC1=O)C(=O)O. The molecule has 1 aliphatic heterocycles. The van der Waals surface area contributed by atoms with E-state index in [9.17, 15) is 28.8 Å². The fraction of sp³-hybridized carbons (Fsp3) is 0.667. The summed E-state index contributed by atoms with van der Waals surface area (Å²) in [5.74, 6) is -1.65. The zero-order valence-corrected chi connectivity index (χ0v) is 19.5. The molecule has 0 saturated heterocycles. The molecule has 0 saturated carbocycles. The van der Waals surface area contributed by atoms with Crippen LogP contribution in [0.1, 0.15) is 90.4 Å². The molecule has 9 nitrogen and oxygen atoms in total. The highest BCUT2D eigenvalue weighted by Crippen LogP contribution is 2.11. The van der Waals surface area contributed by atoms with Gasteiger partial charge in [0.05, 0.1) is 0 Å². The van der Waals surface area contributed by atoms with Crippen LogP contribution >= 0.6 is 0 Å². The number of unbranched alkanes of at least 4 members (excludes halogenated alkanes) is 4. The number of carboxylic acid groups (broad SMARTS) is 1. The Morgan fingerprint density at radius 3 is 1.70 bits per heavy atom. The lowest BCUT2D eigenvalue weighted by Gasteiger charge is -2.12. The van der Waals surface area contributed by atoms with Crippen LogP contribution in [0.4, 0.5) is 0 Å². The van der Waals surface area contributed by atoms with Crippen LogP contribution in [0.25, 0.3) is 0 Å². The minimum Gasteiger partial charge on any atom is -0.480 e. The van der Waals surface area contributed by atoms with Gasteiger partial charge in [0.2, 0.25) is 5.91 Å². The van der Waals surface area contributed by atoms with E-state index in [0.29, 0.717) is 70.8 Å². The molecule has 1 rings (SSSR count). The molecule has 0 unspecified atom stereocenters. The highest BCUT2D eigenvalue weighted by Gasteiger charge is 2.22. The number of ketones is 2. The van der Waals surface area contributed by atoms with Crippen molar-refractivity contribution in [2.75, 3.05) is 6.54 Å². The Labute approximate surface area is 195 Å². The standard InChI is InChI=1S/C24H36N2O7/c1-2-20(24(32)33)25-21(29)14-8-7-13-19(28)12-6-5-11-18(27)10-4-3-9-17-26-22(30)15-16-23(26)31/h15-16,20H,2-14,17H2,1H3,(H,25,29)(H,32,33)/t20-/m0/s1. The van der Waals surface area contributed by atoms with E-state index < -0.39 is 12.0 Å². The Morgan fingerprint density at radius 1 is 0.788 bits per heavy atom. The second-order valence-corrected chi connectivity index (χ2v) is 8.33. The number of imide groups is 1. The molecule has 3 amide bonds. The van der Waals surface area contributed by atoms with E-state index in [4.69, 9.17) is 5.11 Å². The summed E-state index contributed by atoms with van der Waals surface area (Å²) in [6.45, 7) is 2.07. The molecular formula is C24H36N2O7. The van der Waals surface area contributed by atoms with Crippen molar-refractivity contribution in [1.82, 2.24) is 10.2 Å². The number of aliphatic carboxylic acids is 1. The minimum absolute atomic E-state index is 0.111. The van der Waals surface area contributed by atoms with Gasteiger partial charge in [0.15, 0.2) is 0 Å². The first kappa shape index (κ1) is 28.2. The first-order valence-corrected chi connectivity index (χ1v) is 11.8. The molecule has 0 radical (unpaired) electrons. The van der Waals surface area contributed by atoms with Crippen LogP contribution < -0.4 is 5.32 Å². The molecule has 184 valence electrons. The molecule has 0 bridgehead atoms. The van der Waals surface area contributed by atoms with Gasteiger partial charge in [-0.15, -0.1) is 0 Å². The summed E-state index contributed by atoms with van der Waals surface area (Å²) in [6, 6.07) is -0.870. The van der Waals surface area contributed by atoms with E-state index >= 15 is 0 Å². The lowest BCUT2D eigenvalue weighted by Crippen LogP contribution is -2.40. The van der Waals surface area contributed by atoms with Crippen molar-refractivity contribution >= 4 is 35.3 Å². The van der Waals surface area contributed by atoms with Crippen LogP contribution in [0, 0.1) is 0 Å². The van der Waals surface area contributed by atoms with Crippen LogP contribution in [0.5, 0.6) is 0 Å². The maximum absolute atomic E-state index is 11.9. The molecule has 33 heavy (non-hydrogen) atoms. The van der Waals surface area contributed by atoms with Gasteiger partial charge >= 0.3 is 5.97 Å². The second-order valence-electron chi connectivity index (χ2n) is 8.33. The largest absolute Gasteiger partial charge is 0.480 e. The van der Waals surface area contributed by atoms with Crippen molar-refractivity contribution in [3.8, 4) is 0 Å². The molecule has 1 heterocycles. The number of carbonyl (C=O) groups excluding carboxylic acids is 5. The Hall–Kier alpha value is -2.84. The van der Waals surface area contributed by atoms with Gasteiger partial charge in [0, 0.05) is 50.8 Å².